The van der Waals surface area contributed by atoms with Crippen LogP contribution < -0.4 is 5.32 Å². The summed E-state index contributed by atoms with van der Waals surface area (Å²) in [7, 11) is -3.42. The molecule has 1 aliphatic rings. The van der Waals surface area contributed by atoms with Gasteiger partial charge in [0.2, 0.25) is 10.0 Å². The van der Waals surface area contributed by atoms with Gasteiger partial charge in [-0.25, -0.2) is 13.4 Å². The summed E-state index contributed by atoms with van der Waals surface area (Å²) in [5.74, 6) is 0. The first-order valence-electron chi connectivity index (χ1n) is 8.46. The fraction of sp³-hybridized carbons (Fsp3) is 0.471. The van der Waals surface area contributed by atoms with Crippen molar-refractivity contribution in [3.05, 3.63) is 39.8 Å². The number of benzene rings is 1. The van der Waals surface area contributed by atoms with Gasteiger partial charge in [-0.2, -0.15) is 4.31 Å². The maximum atomic E-state index is 12.9. The molecule has 0 saturated carbocycles. The highest BCUT2D eigenvalue weighted by atomic mass is 35.5. The standard InChI is InChI=1S/C17H22ClN3O2S2/c1-2-14-5-3-4-10-21(14)25(22,23)16-8-6-13(7-9-16)19-11-15-12-20-17(18)24-15/h6-9,12,14,19H,2-5,10-11H2,1H3. The minimum Gasteiger partial charge on any atom is -0.380 e. The summed E-state index contributed by atoms with van der Waals surface area (Å²) in [6.07, 6.45) is 5.59. The Morgan fingerprint density at radius 2 is 2.08 bits per heavy atom. The fourth-order valence-electron chi connectivity index (χ4n) is 3.13. The minimum absolute atomic E-state index is 0.118. The molecule has 2 heterocycles. The Balaban J connectivity index is 1.70. The molecule has 3 rings (SSSR count). The summed E-state index contributed by atoms with van der Waals surface area (Å²) >= 11 is 7.24. The molecule has 1 aliphatic heterocycles. The summed E-state index contributed by atoms with van der Waals surface area (Å²) in [4.78, 5) is 5.39. The first-order valence-corrected chi connectivity index (χ1v) is 11.1. The van der Waals surface area contributed by atoms with Crippen molar-refractivity contribution < 1.29 is 8.42 Å². The van der Waals surface area contributed by atoms with Crippen LogP contribution in [0, 0.1) is 0 Å². The van der Waals surface area contributed by atoms with Crippen LogP contribution in [0.25, 0.3) is 0 Å². The van der Waals surface area contributed by atoms with E-state index in [0.717, 1.165) is 36.2 Å². The van der Waals surface area contributed by atoms with Gasteiger partial charge in [0.25, 0.3) is 0 Å². The molecule has 0 aliphatic carbocycles. The van der Waals surface area contributed by atoms with Crippen LogP contribution in [0.3, 0.4) is 0 Å². The number of sulfonamides is 1. The molecule has 1 aromatic carbocycles. The number of nitrogens with zero attached hydrogens (tertiary/aromatic N) is 2. The van der Waals surface area contributed by atoms with Gasteiger partial charge in [-0.05, 0) is 43.5 Å². The Labute approximate surface area is 158 Å². The van der Waals surface area contributed by atoms with Crippen molar-refractivity contribution in [2.75, 3.05) is 11.9 Å². The van der Waals surface area contributed by atoms with Gasteiger partial charge in [-0.3, -0.25) is 0 Å². The number of piperidine rings is 1. The zero-order chi connectivity index (χ0) is 17.9. The second-order valence-corrected chi connectivity index (χ2v) is 9.72. The molecule has 25 heavy (non-hydrogen) atoms. The smallest absolute Gasteiger partial charge is 0.243 e. The zero-order valence-corrected chi connectivity index (χ0v) is 16.5. The summed E-state index contributed by atoms with van der Waals surface area (Å²) in [6, 6.07) is 7.09. The van der Waals surface area contributed by atoms with E-state index in [2.05, 4.69) is 17.2 Å². The minimum atomic E-state index is -3.42. The van der Waals surface area contributed by atoms with Crippen LogP contribution in [0.1, 0.15) is 37.5 Å². The average Bonchev–Trinajstić information content (AvgIpc) is 3.05. The molecule has 1 aromatic heterocycles. The van der Waals surface area contributed by atoms with E-state index in [-0.39, 0.29) is 6.04 Å². The normalized spacial score (nSPS) is 19.0. The topological polar surface area (TPSA) is 62.3 Å². The molecular weight excluding hydrogens is 378 g/mol. The van der Waals surface area contributed by atoms with Gasteiger partial charge in [-0.1, -0.05) is 24.9 Å². The van der Waals surface area contributed by atoms with Crippen LogP contribution >= 0.6 is 22.9 Å². The monoisotopic (exact) mass is 399 g/mol. The van der Waals surface area contributed by atoms with Crippen LogP contribution in [-0.4, -0.2) is 30.3 Å². The molecule has 0 spiro atoms. The highest BCUT2D eigenvalue weighted by molar-refractivity contribution is 7.89. The maximum absolute atomic E-state index is 12.9. The lowest BCUT2D eigenvalue weighted by molar-refractivity contribution is 0.246. The molecule has 1 N–H and O–H groups in total. The molecule has 0 bridgehead atoms. The van der Waals surface area contributed by atoms with Crippen LogP contribution in [0.15, 0.2) is 35.4 Å². The predicted molar refractivity (Wildman–Crippen MR) is 103 cm³/mol. The number of rotatable bonds is 6. The summed E-state index contributed by atoms with van der Waals surface area (Å²) < 4.78 is 28.1. The molecule has 5 nitrogen and oxygen atoms in total. The molecule has 1 fully saturated rings. The number of hydrogen-bond acceptors (Lipinski definition) is 5. The number of hydrogen-bond donors (Lipinski definition) is 1. The maximum Gasteiger partial charge on any atom is 0.243 e. The van der Waals surface area contributed by atoms with Gasteiger partial charge in [0, 0.05) is 29.3 Å². The highest BCUT2D eigenvalue weighted by Gasteiger charge is 2.32. The quantitative estimate of drug-likeness (QED) is 0.783. The predicted octanol–water partition coefficient (Wildman–Crippen LogP) is 4.36. The molecule has 1 unspecified atom stereocenters. The van der Waals surface area contributed by atoms with E-state index >= 15 is 0 Å². The zero-order valence-electron chi connectivity index (χ0n) is 14.1. The number of anilines is 1. The van der Waals surface area contributed by atoms with E-state index in [9.17, 15) is 8.42 Å². The largest absolute Gasteiger partial charge is 0.380 e. The van der Waals surface area contributed by atoms with Gasteiger partial charge in [0.15, 0.2) is 4.47 Å². The van der Waals surface area contributed by atoms with Crippen LogP contribution in [0.5, 0.6) is 0 Å². The Morgan fingerprint density at radius 1 is 1.32 bits per heavy atom. The number of aromatic nitrogens is 1. The Morgan fingerprint density at radius 3 is 2.72 bits per heavy atom. The molecular formula is C17H22ClN3O2S2. The molecule has 0 radical (unpaired) electrons. The number of thiazole rings is 1. The lowest BCUT2D eigenvalue weighted by Crippen LogP contribution is -2.43. The lowest BCUT2D eigenvalue weighted by Gasteiger charge is -2.34. The molecule has 8 heteroatoms. The van der Waals surface area contributed by atoms with Crippen LogP contribution in [0.4, 0.5) is 5.69 Å². The van der Waals surface area contributed by atoms with Gasteiger partial charge in [-0.15, -0.1) is 11.3 Å². The van der Waals surface area contributed by atoms with Crippen molar-refractivity contribution in [1.82, 2.24) is 9.29 Å². The third-order valence-electron chi connectivity index (χ3n) is 4.50. The Bertz CT molecular complexity index is 806. The summed E-state index contributed by atoms with van der Waals surface area (Å²) in [6.45, 7) is 3.28. The van der Waals surface area contributed by atoms with Gasteiger partial charge < -0.3 is 5.32 Å². The van der Waals surface area contributed by atoms with Crippen molar-refractivity contribution in [3.8, 4) is 0 Å². The van der Waals surface area contributed by atoms with Crippen molar-refractivity contribution in [2.24, 2.45) is 0 Å². The Kier molecular flexibility index (Phi) is 5.99. The van der Waals surface area contributed by atoms with Crippen LogP contribution in [-0.2, 0) is 16.6 Å². The second-order valence-electron chi connectivity index (χ2n) is 6.13. The van der Waals surface area contributed by atoms with E-state index in [4.69, 9.17) is 11.6 Å². The number of halogens is 1. The van der Waals surface area contributed by atoms with Gasteiger partial charge in [0.1, 0.15) is 0 Å². The fourth-order valence-corrected chi connectivity index (χ4v) is 5.82. The third kappa shape index (κ3) is 4.34. The first kappa shape index (κ1) is 18.6. The third-order valence-corrected chi connectivity index (χ3v) is 7.58. The molecule has 1 atom stereocenters. The van der Waals surface area contributed by atoms with E-state index < -0.39 is 10.0 Å². The molecule has 1 saturated heterocycles. The number of nitrogens with one attached hydrogen (secondary N) is 1. The van der Waals surface area contributed by atoms with E-state index in [0.29, 0.717) is 22.5 Å². The van der Waals surface area contributed by atoms with E-state index in [1.807, 2.05) is 0 Å². The van der Waals surface area contributed by atoms with Crippen molar-refractivity contribution in [1.29, 1.82) is 0 Å². The molecule has 136 valence electrons. The average molecular weight is 400 g/mol. The van der Waals surface area contributed by atoms with Gasteiger partial charge in [0.05, 0.1) is 11.4 Å². The SMILES string of the molecule is CCC1CCCCN1S(=O)(=O)c1ccc(NCc2cnc(Cl)s2)cc1. The van der Waals surface area contributed by atoms with E-state index in [1.54, 1.807) is 34.8 Å². The van der Waals surface area contributed by atoms with Crippen molar-refractivity contribution in [3.63, 3.8) is 0 Å². The van der Waals surface area contributed by atoms with Crippen LogP contribution in [0.2, 0.25) is 4.47 Å². The van der Waals surface area contributed by atoms with Gasteiger partial charge >= 0.3 is 0 Å². The van der Waals surface area contributed by atoms with Crippen molar-refractivity contribution >= 4 is 38.6 Å². The summed E-state index contributed by atoms with van der Waals surface area (Å²) in [5, 5.41) is 3.26. The second kappa shape index (κ2) is 8.03. The summed E-state index contributed by atoms with van der Waals surface area (Å²) in [5.41, 5.74) is 0.870. The lowest BCUT2D eigenvalue weighted by atomic mass is 10.0. The van der Waals surface area contributed by atoms with E-state index in [1.165, 1.54) is 11.3 Å². The molecule has 2 aromatic rings. The van der Waals surface area contributed by atoms with Crippen molar-refractivity contribution in [2.45, 2.75) is 50.1 Å². The molecule has 0 amide bonds. The Hall–Kier alpha value is -1.15. The first-order chi connectivity index (χ1) is 12.0. The highest BCUT2D eigenvalue weighted by Crippen LogP contribution is 2.27.